The first-order valence-electron chi connectivity index (χ1n) is 11.2. The van der Waals surface area contributed by atoms with E-state index in [1.165, 1.54) is 0 Å². The van der Waals surface area contributed by atoms with Gasteiger partial charge in [0.05, 0.1) is 17.5 Å². The Morgan fingerprint density at radius 2 is 1.58 bits per heavy atom. The lowest BCUT2D eigenvalue weighted by Crippen LogP contribution is -2.49. The van der Waals surface area contributed by atoms with Gasteiger partial charge in [-0.25, -0.2) is 4.98 Å². The predicted octanol–water partition coefficient (Wildman–Crippen LogP) is 2.74. The number of benzene rings is 1. The van der Waals surface area contributed by atoms with Crippen molar-refractivity contribution in [3.63, 3.8) is 0 Å². The van der Waals surface area contributed by atoms with Crippen molar-refractivity contribution in [2.45, 2.75) is 6.42 Å². The SMILES string of the molecule is O=C1C2C3C=CC(C3)C2C(=O)N1CCN1CCN(c2nc(-c3ccccc3)cs2)CC1. The number of fused-ring (bicyclic) bond motifs is 5. The van der Waals surface area contributed by atoms with E-state index >= 15 is 0 Å². The van der Waals surface area contributed by atoms with Crippen LogP contribution in [0.15, 0.2) is 47.9 Å². The van der Waals surface area contributed by atoms with Crippen LogP contribution < -0.4 is 4.90 Å². The first-order chi connectivity index (χ1) is 15.2. The minimum absolute atomic E-state index is 0.0710. The summed E-state index contributed by atoms with van der Waals surface area (Å²) in [5.74, 6) is 0.563. The molecule has 1 saturated carbocycles. The molecular weight excluding hydrogens is 408 g/mol. The number of anilines is 1. The Bertz CT molecular complexity index is 997. The van der Waals surface area contributed by atoms with Crippen LogP contribution in [0.4, 0.5) is 5.13 Å². The highest BCUT2D eigenvalue weighted by molar-refractivity contribution is 7.14. The van der Waals surface area contributed by atoms with Crippen molar-refractivity contribution in [3.8, 4) is 11.3 Å². The van der Waals surface area contributed by atoms with Crippen molar-refractivity contribution in [2.24, 2.45) is 23.7 Å². The Labute approximate surface area is 186 Å². The molecule has 160 valence electrons. The third-order valence-electron chi connectivity index (χ3n) is 7.41. The van der Waals surface area contributed by atoms with Crippen LogP contribution in [0.3, 0.4) is 0 Å². The number of allylic oxidation sites excluding steroid dienone is 2. The number of piperazine rings is 1. The third-order valence-corrected chi connectivity index (χ3v) is 8.31. The summed E-state index contributed by atoms with van der Waals surface area (Å²) in [6.45, 7) is 4.98. The van der Waals surface area contributed by atoms with Crippen LogP contribution in [-0.4, -0.2) is 65.9 Å². The Kier molecular flexibility index (Phi) is 4.69. The number of carbonyl (C=O) groups excluding carboxylic acids is 2. The molecule has 31 heavy (non-hydrogen) atoms. The number of carbonyl (C=O) groups is 2. The summed E-state index contributed by atoms with van der Waals surface area (Å²) in [5.41, 5.74) is 2.18. The van der Waals surface area contributed by atoms with Crippen LogP contribution >= 0.6 is 11.3 Å². The lowest BCUT2D eigenvalue weighted by Gasteiger charge is -2.35. The van der Waals surface area contributed by atoms with Gasteiger partial charge in [0.2, 0.25) is 11.8 Å². The molecule has 4 atom stereocenters. The molecular formula is C24H26N4O2S. The molecule has 3 fully saturated rings. The van der Waals surface area contributed by atoms with Crippen LogP contribution in [0, 0.1) is 23.7 Å². The van der Waals surface area contributed by atoms with E-state index in [0.29, 0.717) is 18.4 Å². The average molecular weight is 435 g/mol. The molecule has 2 aromatic rings. The second-order valence-electron chi connectivity index (χ2n) is 9.04. The van der Waals surface area contributed by atoms with Gasteiger partial charge in [-0.3, -0.25) is 19.4 Å². The van der Waals surface area contributed by atoms with Crippen molar-refractivity contribution in [1.82, 2.24) is 14.8 Å². The highest BCUT2D eigenvalue weighted by Gasteiger charge is 2.59. The van der Waals surface area contributed by atoms with Gasteiger partial charge in [0, 0.05) is 50.2 Å². The van der Waals surface area contributed by atoms with E-state index in [0.717, 1.165) is 55.5 Å². The second kappa shape index (κ2) is 7.57. The standard InChI is InChI=1S/C24H26N4O2S/c29-22-20-17-6-7-18(14-17)21(20)23(30)28(22)13-10-26-8-11-27(12-9-26)24-25-19(15-31-24)16-4-2-1-3-5-16/h1-7,15,17-18,20-21H,8-14H2. The number of hydrogen-bond acceptors (Lipinski definition) is 6. The lowest BCUT2D eigenvalue weighted by atomic mass is 9.85. The van der Waals surface area contributed by atoms with Crippen molar-refractivity contribution < 1.29 is 9.59 Å². The van der Waals surface area contributed by atoms with Crippen molar-refractivity contribution in [3.05, 3.63) is 47.9 Å². The Morgan fingerprint density at radius 1 is 0.903 bits per heavy atom. The zero-order valence-corrected chi connectivity index (χ0v) is 18.2. The maximum atomic E-state index is 12.9. The lowest BCUT2D eigenvalue weighted by molar-refractivity contribution is -0.140. The van der Waals surface area contributed by atoms with Gasteiger partial charge in [0.25, 0.3) is 0 Å². The van der Waals surface area contributed by atoms with Gasteiger partial charge < -0.3 is 4.90 Å². The van der Waals surface area contributed by atoms with Crippen LogP contribution in [0.25, 0.3) is 11.3 Å². The first kappa shape index (κ1) is 19.2. The Balaban J connectivity index is 1.03. The Morgan fingerprint density at radius 3 is 2.26 bits per heavy atom. The van der Waals surface area contributed by atoms with Gasteiger partial charge >= 0.3 is 0 Å². The topological polar surface area (TPSA) is 56.8 Å². The highest BCUT2D eigenvalue weighted by Crippen LogP contribution is 2.52. The van der Waals surface area contributed by atoms with Crippen LogP contribution in [0.2, 0.25) is 0 Å². The zero-order chi connectivity index (χ0) is 20.9. The smallest absolute Gasteiger partial charge is 0.233 e. The molecule has 0 radical (unpaired) electrons. The van der Waals surface area contributed by atoms with Crippen molar-refractivity contribution >= 4 is 28.3 Å². The number of aromatic nitrogens is 1. The van der Waals surface area contributed by atoms with Gasteiger partial charge in [0.15, 0.2) is 5.13 Å². The van der Waals surface area contributed by atoms with Crippen LogP contribution in [0.5, 0.6) is 0 Å². The van der Waals surface area contributed by atoms with E-state index < -0.39 is 0 Å². The molecule has 2 bridgehead atoms. The molecule has 4 unspecified atom stereocenters. The third kappa shape index (κ3) is 3.22. The molecule has 0 N–H and O–H groups in total. The van der Waals surface area contributed by atoms with E-state index in [1.54, 1.807) is 16.2 Å². The van der Waals surface area contributed by atoms with Gasteiger partial charge in [0.1, 0.15) is 0 Å². The summed E-state index contributed by atoms with van der Waals surface area (Å²) in [6, 6.07) is 10.3. The fourth-order valence-electron chi connectivity index (χ4n) is 5.74. The quantitative estimate of drug-likeness (QED) is 0.535. The molecule has 6 rings (SSSR count). The fraction of sp³-hybridized carbons (Fsp3) is 0.458. The number of imide groups is 1. The molecule has 4 aliphatic rings. The number of rotatable bonds is 5. The number of thiazole rings is 1. The summed E-state index contributed by atoms with van der Waals surface area (Å²) in [4.78, 5) is 36.8. The van der Waals surface area contributed by atoms with Gasteiger partial charge in [-0.2, -0.15) is 0 Å². The fourth-order valence-corrected chi connectivity index (χ4v) is 6.63. The predicted molar refractivity (Wildman–Crippen MR) is 121 cm³/mol. The van der Waals surface area contributed by atoms with Gasteiger partial charge in [-0.15, -0.1) is 11.3 Å². The molecule has 3 heterocycles. The Hall–Kier alpha value is -2.51. The zero-order valence-electron chi connectivity index (χ0n) is 17.4. The molecule has 1 aromatic heterocycles. The summed E-state index contributed by atoms with van der Waals surface area (Å²) in [7, 11) is 0. The molecule has 2 amide bonds. The molecule has 2 aliphatic heterocycles. The molecule has 2 aliphatic carbocycles. The van der Waals surface area contributed by atoms with E-state index in [9.17, 15) is 9.59 Å². The minimum atomic E-state index is -0.0805. The molecule has 7 heteroatoms. The van der Waals surface area contributed by atoms with E-state index in [2.05, 4.69) is 39.5 Å². The van der Waals surface area contributed by atoms with Crippen molar-refractivity contribution in [1.29, 1.82) is 0 Å². The maximum Gasteiger partial charge on any atom is 0.233 e. The first-order valence-corrected chi connectivity index (χ1v) is 12.1. The van der Waals surface area contributed by atoms with Crippen LogP contribution in [0.1, 0.15) is 6.42 Å². The van der Waals surface area contributed by atoms with E-state index in [-0.39, 0.29) is 23.7 Å². The average Bonchev–Trinajstić information content (AvgIpc) is 3.59. The monoisotopic (exact) mass is 434 g/mol. The van der Waals surface area contributed by atoms with Crippen LogP contribution in [-0.2, 0) is 9.59 Å². The minimum Gasteiger partial charge on any atom is -0.346 e. The molecule has 0 spiro atoms. The van der Waals surface area contributed by atoms with Gasteiger partial charge in [-0.05, 0) is 18.3 Å². The van der Waals surface area contributed by atoms with E-state index in [1.807, 2.05) is 18.2 Å². The second-order valence-corrected chi connectivity index (χ2v) is 9.87. The number of likely N-dealkylation sites (tertiary alicyclic amines) is 1. The number of nitrogens with zero attached hydrogens (tertiary/aromatic N) is 4. The summed E-state index contributed by atoms with van der Waals surface area (Å²) >= 11 is 1.69. The number of hydrogen-bond donors (Lipinski definition) is 0. The van der Waals surface area contributed by atoms with Crippen molar-refractivity contribution in [2.75, 3.05) is 44.2 Å². The highest BCUT2D eigenvalue weighted by atomic mass is 32.1. The summed E-state index contributed by atoms with van der Waals surface area (Å²) in [6.07, 6.45) is 5.30. The van der Waals surface area contributed by atoms with E-state index in [4.69, 9.17) is 4.98 Å². The molecule has 6 nitrogen and oxygen atoms in total. The summed E-state index contributed by atoms with van der Waals surface area (Å²) in [5, 5.41) is 3.19. The van der Waals surface area contributed by atoms with Gasteiger partial charge in [-0.1, -0.05) is 42.5 Å². The summed E-state index contributed by atoms with van der Waals surface area (Å²) < 4.78 is 0. The largest absolute Gasteiger partial charge is 0.346 e. The molecule has 1 aromatic carbocycles. The molecule has 2 saturated heterocycles. The normalized spacial score (nSPS) is 29.9. The number of amides is 2. The maximum absolute atomic E-state index is 12.9.